The molecule has 96 valence electrons. The molecule has 0 saturated heterocycles. The molecule has 0 aliphatic carbocycles. The number of aryl methyl sites for hydroxylation is 3. The number of methoxy groups -OCH3 is 1. The number of rotatable bonds is 6. The second-order valence-corrected chi connectivity index (χ2v) is 4.39. The Labute approximate surface area is 112 Å². The maximum Gasteiger partial charge on any atom is 0.118 e. The van der Waals surface area contributed by atoms with E-state index < -0.39 is 0 Å². The van der Waals surface area contributed by atoms with Crippen LogP contribution in [0, 0.1) is 0 Å². The molecule has 0 radical (unpaired) electrons. The Balaban J connectivity index is 1.89. The Hall–Kier alpha value is -1.55. The second-order valence-electron chi connectivity index (χ2n) is 4.01. The summed E-state index contributed by atoms with van der Waals surface area (Å²) >= 11 is 5.66. The number of nitrogens with zero attached hydrogens (tertiary/aromatic N) is 3. The molecule has 1 aromatic heterocycles. The zero-order chi connectivity index (χ0) is 12.8. The minimum absolute atomic E-state index is 0.581. The maximum absolute atomic E-state index is 5.66. The van der Waals surface area contributed by atoms with Crippen molar-refractivity contribution in [2.75, 3.05) is 13.0 Å². The molecule has 0 amide bonds. The highest BCUT2D eigenvalue weighted by atomic mass is 35.5. The van der Waals surface area contributed by atoms with Crippen molar-refractivity contribution in [3.05, 3.63) is 41.7 Å². The minimum atomic E-state index is 0.581. The molecule has 0 spiro atoms. The fourth-order valence-corrected chi connectivity index (χ4v) is 1.89. The molecule has 0 atom stereocenters. The van der Waals surface area contributed by atoms with Crippen LogP contribution in [0.15, 0.2) is 30.5 Å². The molecule has 2 rings (SSSR count). The second kappa shape index (κ2) is 6.40. The molecule has 0 aliphatic heterocycles. The highest BCUT2D eigenvalue weighted by Gasteiger charge is 2.01. The standard InChI is InChI=1S/C13H16ClN3O/c1-18-13-4-2-11(3-5-13)7-9-17-10-12(6-8-14)15-16-17/h2-5,10H,6-9H2,1H3. The fraction of sp³-hybridized carbons (Fsp3) is 0.385. The number of ether oxygens (including phenoxy) is 1. The quantitative estimate of drug-likeness (QED) is 0.753. The van der Waals surface area contributed by atoms with Gasteiger partial charge in [0.25, 0.3) is 0 Å². The number of benzene rings is 1. The van der Waals surface area contributed by atoms with Gasteiger partial charge in [-0.05, 0) is 24.1 Å². The number of aromatic nitrogens is 3. The van der Waals surface area contributed by atoms with E-state index in [2.05, 4.69) is 22.4 Å². The van der Waals surface area contributed by atoms with Gasteiger partial charge in [0.15, 0.2) is 0 Å². The predicted octanol–water partition coefficient (Wildman–Crippen LogP) is 2.31. The third-order valence-electron chi connectivity index (χ3n) is 2.73. The zero-order valence-corrected chi connectivity index (χ0v) is 11.1. The average molecular weight is 266 g/mol. The summed E-state index contributed by atoms with van der Waals surface area (Å²) in [6, 6.07) is 8.07. The van der Waals surface area contributed by atoms with Crippen LogP contribution < -0.4 is 4.74 Å². The van der Waals surface area contributed by atoms with Crippen LogP contribution in [0.2, 0.25) is 0 Å². The van der Waals surface area contributed by atoms with E-state index in [1.165, 1.54) is 5.56 Å². The first-order valence-corrected chi connectivity index (χ1v) is 6.43. The lowest BCUT2D eigenvalue weighted by atomic mass is 10.1. The Kier molecular flexibility index (Phi) is 4.59. The largest absolute Gasteiger partial charge is 0.497 e. The molecular formula is C13H16ClN3O. The minimum Gasteiger partial charge on any atom is -0.497 e. The van der Waals surface area contributed by atoms with Gasteiger partial charge in [0, 0.05) is 25.0 Å². The van der Waals surface area contributed by atoms with E-state index in [0.29, 0.717) is 5.88 Å². The van der Waals surface area contributed by atoms with Gasteiger partial charge in [0.1, 0.15) is 5.75 Å². The van der Waals surface area contributed by atoms with Crippen LogP contribution in [-0.4, -0.2) is 28.0 Å². The smallest absolute Gasteiger partial charge is 0.118 e. The van der Waals surface area contributed by atoms with Crippen molar-refractivity contribution in [3.63, 3.8) is 0 Å². The van der Waals surface area contributed by atoms with Crippen LogP contribution in [0.3, 0.4) is 0 Å². The van der Waals surface area contributed by atoms with Crippen molar-refractivity contribution < 1.29 is 4.74 Å². The molecule has 0 fully saturated rings. The van der Waals surface area contributed by atoms with Gasteiger partial charge in [0.05, 0.1) is 12.8 Å². The van der Waals surface area contributed by atoms with Gasteiger partial charge >= 0.3 is 0 Å². The monoisotopic (exact) mass is 265 g/mol. The summed E-state index contributed by atoms with van der Waals surface area (Å²) in [4.78, 5) is 0. The third-order valence-corrected chi connectivity index (χ3v) is 2.91. The van der Waals surface area contributed by atoms with Gasteiger partial charge in [-0.1, -0.05) is 17.3 Å². The molecule has 5 heteroatoms. The van der Waals surface area contributed by atoms with E-state index in [1.807, 2.05) is 23.0 Å². The molecule has 2 aromatic rings. The van der Waals surface area contributed by atoms with E-state index in [0.717, 1.165) is 30.8 Å². The zero-order valence-electron chi connectivity index (χ0n) is 10.3. The van der Waals surface area contributed by atoms with E-state index in [-0.39, 0.29) is 0 Å². The topological polar surface area (TPSA) is 39.9 Å². The van der Waals surface area contributed by atoms with Gasteiger partial charge in [0.2, 0.25) is 0 Å². The first-order chi connectivity index (χ1) is 8.81. The van der Waals surface area contributed by atoms with Crippen molar-refractivity contribution in [2.45, 2.75) is 19.4 Å². The number of hydrogen-bond acceptors (Lipinski definition) is 3. The van der Waals surface area contributed by atoms with Crippen molar-refractivity contribution in [2.24, 2.45) is 0 Å². The Morgan fingerprint density at radius 1 is 1.22 bits per heavy atom. The number of hydrogen-bond donors (Lipinski definition) is 0. The number of halogens is 1. The highest BCUT2D eigenvalue weighted by Crippen LogP contribution is 2.12. The van der Waals surface area contributed by atoms with Gasteiger partial charge in [-0.3, -0.25) is 4.68 Å². The van der Waals surface area contributed by atoms with Crippen LogP contribution in [-0.2, 0) is 19.4 Å². The van der Waals surface area contributed by atoms with E-state index >= 15 is 0 Å². The molecule has 0 N–H and O–H groups in total. The van der Waals surface area contributed by atoms with Crippen molar-refractivity contribution in [1.82, 2.24) is 15.0 Å². The summed E-state index contributed by atoms with van der Waals surface area (Å²) in [5, 5.41) is 8.12. The van der Waals surface area contributed by atoms with Gasteiger partial charge in [-0.2, -0.15) is 0 Å². The fourth-order valence-electron chi connectivity index (χ4n) is 1.70. The lowest BCUT2D eigenvalue weighted by Gasteiger charge is -2.03. The molecule has 18 heavy (non-hydrogen) atoms. The van der Waals surface area contributed by atoms with Crippen LogP contribution >= 0.6 is 11.6 Å². The average Bonchev–Trinajstić information content (AvgIpc) is 2.85. The molecule has 4 nitrogen and oxygen atoms in total. The summed E-state index contributed by atoms with van der Waals surface area (Å²) in [5.41, 5.74) is 2.20. The molecule has 0 saturated carbocycles. The lowest BCUT2D eigenvalue weighted by Crippen LogP contribution is -2.02. The van der Waals surface area contributed by atoms with E-state index in [9.17, 15) is 0 Å². The van der Waals surface area contributed by atoms with Crippen LogP contribution in [0.5, 0.6) is 5.75 Å². The van der Waals surface area contributed by atoms with Crippen LogP contribution in [0.1, 0.15) is 11.3 Å². The molecule has 1 heterocycles. The van der Waals surface area contributed by atoms with Gasteiger partial charge in [-0.25, -0.2) is 0 Å². The summed E-state index contributed by atoms with van der Waals surface area (Å²) < 4.78 is 6.98. The Morgan fingerprint density at radius 3 is 2.67 bits per heavy atom. The van der Waals surface area contributed by atoms with Crippen LogP contribution in [0.4, 0.5) is 0 Å². The molecule has 0 unspecified atom stereocenters. The molecule has 0 aliphatic rings. The summed E-state index contributed by atoms with van der Waals surface area (Å²) in [7, 11) is 1.67. The van der Waals surface area contributed by atoms with Crippen LogP contribution in [0.25, 0.3) is 0 Å². The summed E-state index contributed by atoms with van der Waals surface area (Å²) in [6.45, 7) is 0.821. The van der Waals surface area contributed by atoms with Crippen molar-refractivity contribution >= 4 is 11.6 Å². The van der Waals surface area contributed by atoms with Gasteiger partial charge < -0.3 is 4.74 Å². The summed E-state index contributed by atoms with van der Waals surface area (Å²) in [5.74, 6) is 1.46. The first-order valence-electron chi connectivity index (χ1n) is 5.89. The maximum atomic E-state index is 5.66. The van der Waals surface area contributed by atoms with Crippen molar-refractivity contribution in [1.29, 1.82) is 0 Å². The molecule has 1 aromatic carbocycles. The van der Waals surface area contributed by atoms with E-state index in [1.54, 1.807) is 7.11 Å². The van der Waals surface area contributed by atoms with E-state index in [4.69, 9.17) is 16.3 Å². The summed E-state index contributed by atoms with van der Waals surface area (Å²) in [6.07, 6.45) is 3.64. The lowest BCUT2D eigenvalue weighted by molar-refractivity contribution is 0.414. The first kappa shape index (κ1) is 12.9. The number of alkyl halides is 1. The highest BCUT2D eigenvalue weighted by molar-refractivity contribution is 6.17. The SMILES string of the molecule is COc1ccc(CCn2cc(CCCl)nn2)cc1. The Morgan fingerprint density at radius 2 is 2.00 bits per heavy atom. The molecule has 0 bridgehead atoms. The van der Waals surface area contributed by atoms with Crippen molar-refractivity contribution in [3.8, 4) is 5.75 Å². The normalized spacial score (nSPS) is 10.6. The predicted molar refractivity (Wildman–Crippen MR) is 71.1 cm³/mol. The third kappa shape index (κ3) is 3.47. The van der Waals surface area contributed by atoms with Gasteiger partial charge in [-0.15, -0.1) is 16.7 Å². The molecular weight excluding hydrogens is 250 g/mol. The Bertz CT molecular complexity index is 481.